The SMILES string of the molecule is Cc1cc(N=Nc2cc(OCCCS(=O)(=O)O)c(N=Nc3cc(C)c(N=Nc4ccc5cc(Nc6ccccc6)ccc5c4O)cc3C)cc2C)c(C)cc1N=Nc1ccc2cccc(OCCCS(=O)(=O)O)c2c1.O=S(=O)=O.O=S(=O)=O. The number of nitrogens with zero attached hydrogens (tertiary/aromatic N) is 8. The van der Waals surface area contributed by atoms with Crippen molar-refractivity contribution in [3.8, 4) is 17.2 Å². The zero-order valence-electron chi connectivity index (χ0n) is 44.9. The van der Waals surface area contributed by atoms with Crippen LogP contribution in [0.2, 0.25) is 0 Å². The molecular formula is C55H53N9O15S4. The second-order valence-corrected chi connectivity index (χ2v) is 22.1. The highest BCUT2D eigenvalue weighted by molar-refractivity contribution is 7.86. The fourth-order valence-electron chi connectivity index (χ4n) is 7.82. The molecule has 0 atom stereocenters. The van der Waals surface area contributed by atoms with E-state index in [1.807, 2.05) is 144 Å². The minimum absolute atomic E-state index is 0.0130. The van der Waals surface area contributed by atoms with Gasteiger partial charge in [-0.15, -0.1) is 35.5 Å². The van der Waals surface area contributed by atoms with Gasteiger partial charge in [-0.1, -0.05) is 42.5 Å². The van der Waals surface area contributed by atoms with Crippen LogP contribution in [-0.4, -0.2) is 81.0 Å². The maximum atomic E-state index is 11.5. The predicted molar refractivity (Wildman–Crippen MR) is 311 cm³/mol. The van der Waals surface area contributed by atoms with E-state index in [0.717, 1.165) is 49.8 Å². The molecule has 0 bridgehead atoms. The highest BCUT2D eigenvalue weighted by Crippen LogP contribution is 2.41. The van der Waals surface area contributed by atoms with Crippen LogP contribution in [0.4, 0.5) is 56.9 Å². The van der Waals surface area contributed by atoms with E-state index in [1.54, 1.807) is 24.3 Å². The van der Waals surface area contributed by atoms with Gasteiger partial charge in [0.2, 0.25) is 0 Å². The number of ether oxygens (including phenoxy) is 2. The Labute approximate surface area is 480 Å². The molecule has 24 nitrogen and oxygen atoms in total. The van der Waals surface area contributed by atoms with Crippen LogP contribution in [0.1, 0.15) is 40.7 Å². The summed E-state index contributed by atoms with van der Waals surface area (Å²) in [4.78, 5) is 0. The number of phenolic OH excluding ortho intramolecular Hbond substituents is 1. The first-order chi connectivity index (χ1) is 39.3. The summed E-state index contributed by atoms with van der Waals surface area (Å²) >= 11 is 0. The van der Waals surface area contributed by atoms with Gasteiger partial charge in [0.25, 0.3) is 20.2 Å². The molecule has 8 aromatic carbocycles. The Kier molecular flexibility index (Phi) is 22.1. The lowest BCUT2D eigenvalue weighted by molar-refractivity contribution is 0.317. The number of phenols is 1. The molecule has 28 heteroatoms. The number of benzene rings is 8. The maximum Gasteiger partial charge on any atom is 0.425 e. The number of nitrogens with one attached hydrogen (secondary N) is 1. The molecule has 432 valence electrons. The average Bonchev–Trinajstić information content (AvgIpc) is 3.46. The number of aryl methyl sites for hydroxylation is 5. The molecule has 0 saturated carbocycles. The Balaban J connectivity index is 0.00000130. The first-order valence-electron chi connectivity index (χ1n) is 24.7. The van der Waals surface area contributed by atoms with Crippen molar-refractivity contribution in [1.82, 2.24) is 0 Å². The molecule has 0 heterocycles. The number of azo groups is 4. The van der Waals surface area contributed by atoms with Crippen LogP contribution in [0, 0.1) is 34.6 Å². The summed E-state index contributed by atoms with van der Waals surface area (Å²) in [5.41, 5.74) is 9.63. The minimum Gasteiger partial charge on any atom is -0.505 e. The van der Waals surface area contributed by atoms with Crippen molar-refractivity contribution in [3.05, 3.63) is 161 Å². The van der Waals surface area contributed by atoms with Gasteiger partial charge in [-0.05, 0) is 171 Å². The smallest absolute Gasteiger partial charge is 0.425 e. The van der Waals surface area contributed by atoms with Crippen molar-refractivity contribution in [2.75, 3.05) is 30.0 Å². The van der Waals surface area contributed by atoms with Gasteiger partial charge in [0.15, 0.2) is 5.75 Å². The van der Waals surface area contributed by atoms with E-state index < -0.39 is 53.0 Å². The van der Waals surface area contributed by atoms with E-state index in [-0.39, 0.29) is 37.6 Å². The first kappa shape index (κ1) is 63.1. The molecule has 8 aromatic rings. The second kappa shape index (κ2) is 29.1. The number of hydrogen-bond donors (Lipinski definition) is 4. The third-order valence-electron chi connectivity index (χ3n) is 11.8. The lowest BCUT2D eigenvalue weighted by atomic mass is 10.1. The van der Waals surface area contributed by atoms with E-state index in [9.17, 15) is 26.5 Å². The molecule has 0 saturated heterocycles. The van der Waals surface area contributed by atoms with E-state index in [4.69, 9.17) is 39.3 Å². The molecule has 83 heavy (non-hydrogen) atoms. The summed E-state index contributed by atoms with van der Waals surface area (Å²) in [5.74, 6) is -0.0605. The van der Waals surface area contributed by atoms with Crippen LogP contribution in [0.25, 0.3) is 21.5 Å². The van der Waals surface area contributed by atoms with Crippen molar-refractivity contribution >= 4 is 120 Å². The molecule has 0 unspecified atom stereocenters. The van der Waals surface area contributed by atoms with E-state index in [0.29, 0.717) is 62.2 Å². The van der Waals surface area contributed by atoms with Gasteiger partial charge >= 0.3 is 21.2 Å². The molecular weight excluding hydrogens is 1150 g/mol. The van der Waals surface area contributed by atoms with Crippen LogP contribution in [0.5, 0.6) is 17.2 Å². The lowest BCUT2D eigenvalue weighted by Gasteiger charge is -2.11. The van der Waals surface area contributed by atoms with Gasteiger partial charge in [0.1, 0.15) is 22.9 Å². The molecule has 4 N–H and O–H groups in total. The Bertz CT molecular complexity index is 4260. The van der Waals surface area contributed by atoms with E-state index in [2.05, 4.69) is 46.2 Å². The van der Waals surface area contributed by atoms with E-state index in [1.165, 1.54) is 0 Å². The molecule has 8 rings (SSSR count). The van der Waals surface area contributed by atoms with Gasteiger partial charge in [-0.2, -0.15) is 47.5 Å². The Hall–Kier alpha value is -9.06. The van der Waals surface area contributed by atoms with Gasteiger partial charge < -0.3 is 19.9 Å². The maximum absolute atomic E-state index is 11.5. The molecule has 0 amide bonds. The van der Waals surface area contributed by atoms with Crippen LogP contribution < -0.4 is 14.8 Å². The second-order valence-electron chi connectivity index (χ2n) is 18.2. The zero-order chi connectivity index (χ0) is 60.4. The zero-order valence-corrected chi connectivity index (χ0v) is 48.2. The molecule has 0 aliphatic heterocycles. The van der Waals surface area contributed by atoms with Crippen molar-refractivity contribution in [1.29, 1.82) is 0 Å². The fraction of sp³-hybridized carbons (Fsp3) is 0.200. The highest BCUT2D eigenvalue weighted by Gasteiger charge is 2.14. The van der Waals surface area contributed by atoms with E-state index >= 15 is 0 Å². The summed E-state index contributed by atoms with van der Waals surface area (Å²) < 4.78 is 126. The highest BCUT2D eigenvalue weighted by atomic mass is 32.2. The molecule has 0 fully saturated rings. The number of hydrogen-bond acceptors (Lipinski definition) is 22. The summed E-state index contributed by atoms with van der Waals surface area (Å²) in [6.07, 6.45) is 0.144. The number of rotatable bonds is 20. The third kappa shape index (κ3) is 19.9. The quantitative estimate of drug-likeness (QED) is 0.0313. The molecule has 0 spiro atoms. The third-order valence-corrected chi connectivity index (χ3v) is 13.5. The van der Waals surface area contributed by atoms with Crippen molar-refractivity contribution in [2.24, 2.45) is 40.9 Å². The van der Waals surface area contributed by atoms with Crippen LogP contribution >= 0.6 is 0 Å². The Morgan fingerprint density at radius 3 is 1.39 bits per heavy atom. The van der Waals surface area contributed by atoms with Crippen LogP contribution in [0.15, 0.2) is 174 Å². The van der Waals surface area contributed by atoms with Crippen molar-refractivity contribution < 1.29 is 65.8 Å². The minimum atomic E-state index is -4.21. The number of aromatic hydroxyl groups is 1. The molecule has 0 aliphatic rings. The number of para-hydroxylation sites is 1. The van der Waals surface area contributed by atoms with Crippen LogP contribution in [-0.2, 0) is 41.5 Å². The standard InChI is InChI=1S/C55H53N9O9S2.2O3S/c1-34-27-49(35(2)26-47(34)59-57-43-18-16-39-12-9-15-53(45(39)32-43)72-22-10-24-74(66,67)68)61-63-51-33-54(73-23-11-25-75(69,70)71)52(30-38(51)5)64-62-50-29-36(3)48(28-37(50)4)60-58-46-21-17-40-31-42(19-20-44(40)55(46)65)56-41-13-7-6-8-14-41;2*1-4(2)3/h6-9,12-21,26-33,56,65H,10-11,22-25H2,1-5H3,(H,66,67,68)(H,69,70,71);;. The van der Waals surface area contributed by atoms with Gasteiger partial charge in [0.05, 0.1) is 58.8 Å². The number of fused-ring (bicyclic) bond motifs is 2. The first-order valence-corrected chi connectivity index (χ1v) is 29.9. The molecule has 0 aromatic heterocycles. The summed E-state index contributed by atoms with van der Waals surface area (Å²) in [6.45, 7) is 9.38. The average molecular weight is 1210 g/mol. The fourth-order valence-corrected chi connectivity index (χ4v) is 8.78. The molecule has 0 aliphatic carbocycles. The Morgan fingerprint density at radius 2 is 0.867 bits per heavy atom. The van der Waals surface area contributed by atoms with Gasteiger partial charge in [-0.3, -0.25) is 9.11 Å². The predicted octanol–water partition coefficient (Wildman–Crippen LogP) is 14.0. The molecule has 0 radical (unpaired) electrons. The topological polar surface area (TPSA) is 361 Å². The normalized spacial score (nSPS) is 11.7. The van der Waals surface area contributed by atoms with Crippen molar-refractivity contribution in [2.45, 2.75) is 47.5 Å². The lowest BCUT2D eigenvalue weighted by Crippen LogP contribution is -2.08. The summed E-state index contributed by atoms with van der Waals surface area (Å²) in [5, 5.41) is 53.8. The number of anilines is 2. The van der Waals surface area contributed by atoms with Gasteiger partial charge in [0, 0.05) is 28.2 Å². The summed E-state index contributed by atoms with van der Waals surface area (Å²) in [7, 11) is -14.5. The van der Waals surface area contributed by atoms with Crippen LogP contribution in [0.3, 0.4) is 0 Å². The van der Waals surface area contributed by atoms with Gasteiger partial charge in [-0.25, -0.2) is 0 Å². The monoisotopic (exact) mass is 1210 g/mol. The largest absolute Gasteiger partial charge is 0.505 e. The van der Waals surface area contributed by atoms with Crippen molar-refractivity contribution in [3.63, 3.8) is 0 Å². The summed E-state index contributed by atoms with van der Waals surface area (Å²) in [6, 6.07) is 41.0. The Morgan fingerprint density at radius 1 is 0.422 bits per heavy atom.